The van der Waals surface area contributed by atoms with E-state index in [1.165, 1.54) is 0 Å². The molecular formula is C25H28N2O4. The summed E-state index contributed by atoms with van der Waals surface area (Å²) in [6, 6.07) is 18.5. The summed E-state index contributed by atoms with van der Waals surface area (Å²) in [4.78, 5) is 24.8. The van der Waals surface area contributed by atoms with Crippen LogP contribution < -0.4 is 15.4 Å². The van der Waals surface area contributed by atoms with Gasteiger partial charge in [-0.25, -0.2) is 0 Å². The van der Waals surface area contributed by atoms with Crippen molar-refractivity contribution in [2.75, 3.05) is 0 Å². The van der Waals surface area contributed by atoms with Crippen molar-refractivity contribution in [3.63, 3.8) is 0 Å². The minimum Gasteiger partial charge on any atom is -0.481 e. The van der Waals surface area contributed by atoms with Crippen LogP contribution in [0.4, 0.5) is 0 Å². The largest absolute Gasteiger partial charge is 0.481 e. The van der Waals surface area contributed by atoms with Crippen LogP contribution in [0.3, 0.4) is 0 Å². The Hall–Kier alpha value is -3.54. The number of rotatable bonds is 9. The van der Waals surface area contributed by atoms with E-state index in [1.807, 2.05) is 30.3 Å². The number of nitrogens with one attached hydrogen (secondary N) is 2. The summed E-state index contributed by atoms with van der Waals surface area (Å²) in [5.41, 5.74) is 2.51. The van der Waals surface area contributed by atoms with Gasteiger partial charge in [-0.1, -0.05) is 38.1 Å². The molecule has 31 heavy (non-hydrogen) atoms. The molecule has 2 aromatic carbocycles. The number of furan rings is 1. The summed E-state index contributed by atoms with van der Waals surface area (Å²) in [7, 11) is 0. The van der Waals surface area contributed by atoms with Gasteiger partial charge in [0, 0.05) is 12.1 Å². The van der Waals surface area contributed by atoms with Crippen LogP contribution in [0.25, 0.3) is 0 Å². The molecule has 1 atom stereocenters. The van der Waals surface area contributed by atoms with E-state index in [1.54, 1.807) is 43.5 Å². The molecular weight excluding hydrogens is 392 g/mol. The zero-order valence-electron chi connectivity index (χ0n) is 18.1. The molecule has 1 heterocycles. The van der Waals surface area contributed by atoms with Gasteiger partial charge in [0.15, 0.2) is 6.10 Å². The first kappa shape index (κ1) is 22.2. The van der Waals surface area contributed by atoms with Gasteiger partial charge in [0.2, 0.25) is 0 Å². The van der Waals surface area contributed by atoms with Crippen LogP contribution in [0.15, 0.2) is 71.3 Å². The van der Waals surface area contributed by atoms with Crippen molar-refractivity contribution in [3.05, 3.63) is 89.4 Å². The molecule has 0 radical (unpaired) electrons. The van der Waals surface area contributed by atoms with Crippen molar-refractivity contribution in [3.8, 4) is 5.75 Å². The maximum Gasteiger partial charge on any atom is 0.261 e. The van der Waals surface area contributed by atoms with Gasteiger partial charge in [-0.3, -0.25) is 9.59 Å². The summed E-state index contributed by atoms with van der Waals surface area (Å²) in [6.07, 6.45) is 0.929. The quantitative estimate of drug-likeness (QED) is 0.537. The van der Waals surface area contributed by atoms with Crippen LogP contribution in [0, 0.1) is 0 Å². The Morgan fingerprint density at radius 2 is 1.74 bits per heavy atom. The number of carbonyl (C=O) groups excluding carboxylic acids is 2. The molecule has 2 N–H and O–H groups in total. The van der Waals surface area contributed by atoms with Crippen LogP contribution in [0.1, 0.15) is 53.9 Å². The molecule has 6 heteroatoms. The third-order valence-electron chi connectivity index (χ3n) is 4.87. The lowest BCUT2D eigenvalue weighted by atomic mass is 10.0. The summed E-state index contributed by atoms with van der Waals surface area (Å²) >= 11 is 0. The SMILES string of the molecule is CC(Oc1cccc(C(C)C)c1)C(=O)NCc1cccc(C(=O)NCc2ccco2)c1. The Morgan fingerprint density at radius 3 is 2.48 bits per heavy atom. The van der Waals surface area contributed by atoms with Crippen molar-refractivity contribution in [1.82, 2.24) is 10.6 Å². The van der Waals surface area contributed by atoms with E-state index < -0.39 is 6.10 Å². The highest BCUT2D eigenvalue weighted by Crippen LogP contribution is 2.21. The van der Waals surface area contributed by atoms with Gasteiger partial charge in [0.1, 0.15) is 11.5 Å². The molecule has 3 rings (SSSR count). The highest BCUT2D eigenvalue weighted by molar-refractivity contribution is 5.94. The second-order valence-electron chi connectivity index (χ2n) is 7.67. The van der Waals surface area contributed by atoms with Crippen LogP contribution in [0.2, 0.25) is 0 Å². The summed E-state index contributed by atoms with van der Waals surface area (Å²) in [5, 5.41) is 5.68. The summed E-state index contributed by atoms with van der Waals surface area (Å²) in [6.45, 7) is 6.56. The topological polar surface area (TPSA) is 80.6 Å². The highest BCUT2D eigenvalue weighted by Gasteiger charge is 2.15. The second kappa shape index (κ2) is 10.5. The lowest BCUT2D eigenvalue weighted by Gasteiger charge is -2.16. The van der Waals surface area contributed by atoms with Crippen molar-refractivity contribution in [2.24, 2.45) is 0 Å². The van der Waals surface area contributed by atoms with Crippen LogP contribution in [-0.4, -0.2) is 17.9 Å². The maximum atomic E-state index is 12.5. The smallest absolute Gasteiger partial charge is 0.261 e. The molecule has 0 bridgehead atoms. The van der Waals surface area contributed by atoms with E-state index in [0.717, 1.165) is 11.1 Å². The Morgan fingerprint density at radius 1 is 0.935 bits per heavy atom. The second-order valence-corrected chi connectivity index (χ2v) is 7.67. The number of ether oxygens (including phenoxy) is 1. The zero-order chi connectivity index (χ0) is 22.2. The zero-order valence-corrected chi connectivity index (χ0v) is 18.1. The van der Waals surface area contributed by atoms with Crippen molar-refractivity contribution in [1.29, 1.82) is 0 Å². The molecule has 1 unspecified atom stereocenters. The lowest BCUT2D eigenvalue weighted by molar-refractivity contribution is -0.127. The van der Waals surface area contributed by atoms with Crippen molar-refractivity contribution in [2.45, 2.75) is 45.9 Å². The average molecular weight is 421 g/mol. The predicted molar refractivity (Wildman–Crippen MR) is 119 cm³/mol. The Labute approximate surface area is 182 Å². The normalized spacial score (nSPS) is 11.7. The third-order valence-corrected chi connectivity index (χ3v) is 4.87. The van der Waals surface area contributed by atoms with E-state index in [9.17, 15) is 9.59 Å². The van der Waals surface area contributed by atoms with Crippen LogP contribution in [0.5, 0.6) is 5.75 Å². The van der Waals surface area contributed by atoms with Crippen molar-refractivity contribution < 1.29 is 18.7 Å². The Kier molecular flexibility index (Phi) is 7.49. The lowest BCUT2D eigenvalue weighted by Crippen LogP contribution is -2.36. The fraction of sp³-hybridized carbons (Fsp3) is 0.280. The monoisotopic (exact) mass is 420 g/mol. The first-order valence-electron chi connectivity index (χ1n) is 10.4. The average Bonchev–Trinajstić information content (AvgIpc) is 3.30. The molecule has 0 saturated carbocycles. The third kappa shape index (κ3) is 6.47. The minimum atomic E-state index is -0.637. The molecule has 0 aliphatic carbocycles. The number of hydrogen-bond acceptors (Lipinski definition) is 4. The number of hydrogen-bond donors (Lipinski definition) is 2. The Balaban J connectivity index is 1.52. The number of carbonyl (C=O) groups is 2. The molecule has 0 spiro atoms. The van der Waals surface area contributed by atoms with Gasteiger partial charge < -0.3 is 19.8 Å². The molecule has 0 aliphatic heterocycles. The van der Waals surface area contributed by atoms with Gasteiger partial charge in [0.05, 0.1) is 12.8 Å². The van der Waals surface area contributed by atoms with E-state index in [0.29, 0.717) is 36.1 Å². The van der Waals surface area contributed by atoms with Gasteiger partial charge in [-0.15, -0.1) is 0 Å². The van der Waals surface area contributed by atoms with E-state index >= 15 is 0 Å². The van der Waals surface area contributed by atoms with Crippen LogP contribution >= 0.6 is 0 Å². The van der Waals surface area contributed by atoms with Gasteiger partial charge in [-0.05, 0) is 60.4 Å². The van der Waals surface area contributed by atoms with Crippen LogP contribution in [-0.2, 0) is 17.9 Å². The van der Waals surface area contributed by atoms with Gasteiger partial charge in [-0.2, -0.15) is 0 Å². The first-order valence-corrected chi connectivity index (χ1v) is 10.4. The molecule has 162 valence electrons. The molecule has 0 fully saturated rings. The fourth-order valence-corrected chi connectivity index (χ4v) is 3.04. The molecule has 3 aromatic rings. The minimum absolute atomic E-state index is 0.202. The molecule has 6 nitrogen and oxygen atoms in total. The fourth-order valence-electron chi connectivity index (χ4n) is 3.04. The number of benzene rings is 2. The first-order chi connectivity index (χ1) is 14.9. The molecule has 1 aromatic heterocycles. The maximum absolute atomic E-state index is 12.5. The summed E-state index contributed by atoms with van der Waals surface area (Å²) < 4.78 is 11.0. The predicted octanol–water partition coefficient (Wildman–Crippen LogP) is 4.42. The number of amides is 2. The van der Waals surface area contributed by atoms with Gasteiger partial charge >= 0.3 is 0 Å². The van der Waals surface area contributed by atoms with Gasteiger partial charge in [0.25, 0.3) is 11.8 Å². The highest BCUT2D eigenvalue weighted by atomic mass is 16.5. The molecule has 0 aliphatic rings. The Bertz CT molecular complexity index is 1010. The van der Waals surface area contributed by atoms with E-state index in [4.69, 9.17) is 9.15 Å². The van der Waals surface area contributed by atoms with Crippen molar-refractivity contribution >= 4 is 11.8 Å². The molecule has 0 saturated heterocycles. The van der Waals surface area contributed by atoms with E-state index in [2.05, 4.69) is 24.5 Å². The molecule has 2 amide bonds. The summed E-state index contributed by atoms with van der Waals surface area (Å²) in [5.74, 6) is 1.32. The standard InChI is InChI=1S/C25H28N2O4/c1-17(2)20-8-5-10-22(14-20)31-18(3)24(28)26-15-19-7-4-9-21(13-19)25(29)27-16-23-11-6-12-30-23/h4-14,17-18H,15-16H2,1-3H3,(H,26,28)(H,27,29). The van der Waals surface area contributed by atoms with E-state index in [-0.39, 0.29) is 11.8 Å².